The molecule has 0 amide bonds. The van der Waals surface area contributed by atoms with Crippen LogP contribution in [0, 0.1) is 11.3 Å². The Labute approximate surface area is 176 Å². The number of hydrogen-bond donors (Lipinski definition) is 2. The number of nitrogens with one attached hydrogen (secondary N) is 2. The van der Waals surface area contributed by atoms with E-state index < -0.39 is 17.8 Å². The number of hydrogen-bond acceptors (Lipinski definition) is 7. The van der Waals surface area contributed by atoms with Crippen molar-refractivity contribution < 1.29 is 17.9 Å². The molecule has 2 aromatic heterocycles. The Balaban J connectivity index is 1.86. The Hall–Kier alpha value is -3.05. The van der Waals surface area contributed by atoms with E-state index in [9.17, 15) is 13.2 Å². The Morgan fingerprint density at radius 1 is 1.42 bits per heavy atom. The average molecular weight is 433 g/mol. The molecule has 1 aliphatic heterocycles. The molecule has 1 aliphatic rings. The molecule has 3 aromatic rings. The number of benzene rings is 1. The van der Waals surface area contributed by atoms with E-state index in [1.807, 2.05) is 0 Å². The molecule has 1 unspecified atom stereocenters. The molecule has 8 nitrogen and oxygen atoms in total. The Bertz CT molecular complexity index is 1160. The summed E-state index contributed by atoms with van der Waals surface area (Å²) in [5.74, 6) is -3.12. The van der Waals surface area contributed by atoms with E-state index >= 15 is 0 Å². The molecule has 0 saturated carbocycles. The summed E-state index contributed by atoms with van der Waals surface area (Å²) in [6, 6.07) is 2.94. The number of nitrogens with zero attached hydrogens (tertiary/aromatic N) is 5. The highest BCUT2D eigenvalue weighted by atomic mass is 19.3. The summed E-state index contributed by atoms with van der Waals surface area (Å²) in [4.78, 5) is 10.4. The Morgan fingerprint density at radius 3 is 2.90 bits per heavy atom. The number of ether oxygens (including phenoxy) is 1. The number of pyridine rings is 1. The number of aromatic nitrogens is 3. The van der Waals surface area contributed by atoms with Crippen molar-refractivity contribution in [2.75, 3.05) is 33.9 Å². The lowest BCUT2D eigenvalue weighted by atomic mass is 10.1. The van der Waals surface area contributed by atoms with Crippen molar-refractivity contribution in [1.29, 1.82) is 5.53 Å². The first-order valence-electron chi connectivity index (χ1n) is 9.64. The van der Waals surface area contributed by atoms with Crippen LogP contribution in [0.4, 0.5) is 13.2 Å². The number of halogens is 3. The minimum Gasteiger partial charge on any atom is -0.382 e. The quantitative estimate of drug-likeness (QED) is 0.557. The van der Waals surface area contributed by atoms with Crippen LogP contribution in [0.25, 0.3) is 21.9 Å². The van der Waals surface area contributed by atoms with Crippen molar-refractivity contribution in [3.63, 3.8) is 0 Å². The third-order valence-electron chi connectivity index (χ3n) is 5.28. The summed E-state index contributed by atoms with van der Waals surface area (Å²) >= 11 is 0. The lowest BCUT2D eigenvalue weighted by Crippen LogP contribution is -2.31. The van der Waals surface area contributed by atoms with Gasteiger partial charge in [0.05, 0.1) is 36.9 Å². The molecule has 31 heavy (non-hydrogen) atoms. The molecular formula is C20H22F3N7O. The number of rotatable bonds is 7. The van der Waals surface area contributed by atoms with Crippen LogP contribution < -0.4 is 5.32 Å². The fourth-order valence-electron chi connectivity index (χ4n) is 4.00. The smallest absolute Gasteiger partial charge is 0.282 e. The highest BCUT2D eigenvalue weighted by Crippen LogP contribution is 2.40. The minimum atomic E-state index is -2.99. The van der Waals surface area contributed by atoms with Gasteiger partial charge in [-0.1, -0.05) is 0 Å². The van der Waals surface area contributed by atoms with Crippen LogP contribution in [0.15, 0.2) is 41.4 Å². The van der Waals surface area contributed by atoms with E-state index in [0.29, 0.717) is 33.5 Å². The molecule has 0 radical (unpaired) electrons. The molecule has 4 rings (SSSR count). The predicted molar refractivity (Wildman–Crippen MR) is 108 cm³/mol. The average Bonchev–Trinajstić information content (AvgIpc) is 3.22. The summed E-state index contributed by atoms with van der Waals surface area (Å²) in [6.07, 6.45) is 2.99. The lowest BCUT2D eigenvalue weighted by Gasteiger charge is -2.23. The van der Waals surface area contributed by atoms with Crippen LogP contribution in [-0.4, -0.2) is 59.2 Å². The lowest BCUT2D eigenvalue weighted by molar-refractivity contribution is -0.0201. The van der Waals surface area contributed by atoms with Gasteiger partial charge in [0.25, 0.3) is 5.92 Å². The molecule has 0 spiro atoms. The maximum Gasteiger partial charge on any atom is 0.282 e. The Morgan fingerprint density at radius 2 is 2.23 bits per heavy atom. The van der Waals surface area contributed by atoms with Gasteiger partial charge in [-0.2, -0.15) is 5.11 Å². The van der Waals surface area contributed by atoms with E-state index in [1.54, 1.807) is 11.9 Å². The van der Waals surface area contributed by atoms with Crippen molar-refractivity contribution in [3.05, 3.63) is 47.9 Å². The molecule has 164 valence electrons. The second-order valence-corrected chi connectivity index (χ2v) is 7.59. The standard InChI is InChI=1S/C20H22F3N7O/c1-29-9-17(20(22,23)11-29)30-18(8-25-6-13(28-24)10-31-2)27-16-7-26-15-4-3-12(21)5-14(15)19(16)30/h3-7,17,24-25H,8-11H2,1-2H3/b13-6-,28-24?. The molecular weight excluding hydrogens is 411 g/mol. The number of likely N-dealkylation sites (tertiary alicyclic amines) is 1. The second kappa shape index (κ2) is 8.23. The second-order valence-electron chi connectivity index (χ2n) is 7.59. The minimum absolute atomic E-state index is 0.102. The maximum absolute atomic E-state index is 14.9. The largest absolute Gasteiger partial charge is 0.382 e. The van der Waals surface area contributed by atoms with Crippen molar-refractivity contribution >= 4 is 21.9 Å². The monoisotopic (exact) mass is 433 g/mol. The number of fused-ring (bicyclic) bond motifs is 3. The number of alkyl halides is 2. The Kier molecular flexibility index (Phi) is 5.63. The molecule has 1 fully saturated rings. The van der Waals surface area contributed by atoms with E-state index in [2.05, 4.69) is 20.4 Å². The van der Waals surface area contributed by atoms with Crippen molar-refractivity contribution in [2.45, 2.75) is 18.5 Å². The SMILES string of the molecule is COC/C(=C/NCc1nc2cnc3ccc(F)cc3c2n1C1CN(C)CC1(F)F)N=N. The van der Waals surface area contributed by atoms with Gasteiger partial charge in [-0.3, -0.25) is 9.88 Å². The van der Waals surface area contributed by atoms with Gasteiger partial charge in [-0.05, 0) is 25.2 Å². The molecule has 0 aliphatic carbocycles. The fraction of sp³-hybridized carbons (Fsp3) is 0.400. The normalized spacial score (nSPS) is 19.4. The summed E-state index contributed by atoms with van der Waals surface area (Å²) in [7, 11) is 3.12. The third-order valence-corrected chi connectivity index (χ3v) is 5.28. The van der Waals surface area contributed by atoms with Gasteiger partial charge in [0.2, 0.25) is 0 Å². The number of likely N-dealkylation sites (N-methyl/N-ethyl adjacent to an activating group) is 1. The molecule has 3 heterocycles. The van der Waals surface area contributed by atoms with Gasteiger partial charge < -0.3 is 14.6 Å². The van der Waals surface area contributed by atoms with Crippen LogP contribution in [0.5, 0.6) is 0 Å². The van der Waals surface area contributed by atoms with E-state index in [4.69, 9.17) is 10.3 Å². The van der Waals surface area contributed by atoms with Gasteiger partial charge >= 0.3 is 0 Å². The first kappa shape index (κ1) is 21.2. The number of methoxy groups -OCH3 is 1. The molecule has 0 bridgehead atoms. The topological polar surface area (TPSA) is 91.4 Å². The van der Waals surface area contributed by atoms with E-state index in [1.165, 1.54) is 42.3 Å². The van der Waals surface area contributed by atoms with E-state index in [0.717, 1.165) is 0 Å². The van der Waals surface area contributed by atoms with Crippen molar-refractivity contribution in [1.82, 2.24) is 24.8 Å². The van der Waals surface area contributed by atoms with Crippen LogP contribution >= 0.6 is 0 Å². The zero-order valence-electron chi connectivity index (χ0n) is 17.1. The summed E-state index contributed by atoms with van der Waals surface area (Å²) in [5, 5.41) is 6.75. The summed E-state index contributed by atoms with van der Waals surface area (Å²) in [5.41, 5.74) is 8.83. The van der Waals surface area contributed by atoms with E-state index in [-0.39, 0.29) is 26.2 Å². The molecule has 2 N–H and O–H groups in total. The van der Waals surface area contributed by atoms with Gasteiger partial charge in [0, 0.05) is 25.2 Å². The molecule has 11 heteroatoms. The molecule has 1 aromatic carbocycles. The first-order chi connectivity index (χ1) is 14.8. The van der Waals surface area contributed by atoms with Crippen molar-refractivity contribution in [2.24, 2.45) is 5.11 Å². The van der Waals surface area contributed by atoms with Gasteiger partial charge in [-0.15, -0.1) is 0 Å². The third kappa shape index (κ3) is 3.98. The molecule has 1 atom stereocenters. The first-order valence-corrected chi connectivity index (χ1v) is 9.64. The van der Waals surface area contributed by atoms with Crippen LogP contribution in [0.2, 0.25) is 0 Å². The molecule has 1 saturated heterocycles. The highest BCUT2D eigenvalue weighted by Gasteiger charge is 2.49. The van der Waals surface area contributed by atoms with Crippen LogP contribution in [0.3, 0.4) is 0 Å². The van der Waals surface area contributed by atoms with Crippen LogP contribution in [0.1, 0.15) is 11.9 Å². The maximum atomic E-state index is 14.9. The van der Waals surface area contributed by atoms with Gasteiger partial charge in [0.1, 0.15) is 28.9 Å². The zero-order chi connectivity index (χ0) is 22.2. The highest BCUT2D eigenvalue weighted by molar-refractivity contribution is 6.02. The summed E-state index contributed by atoms with van der Waals surface area (Å²) < 4.78 is 50.4. The predicted octanol–water partition coefficient (Wildman–Crippen LogP) is 3.45. The summed E-state index contributed by atoms with van der Waals surface area (Å²) in [6.45, 7) is -0.0225. The van der Waals surface area contributed by atoms with Gasteiger partial charge in [0.15, 0.2) is 0 Å². The fourth-order valence-corrected chi connectivity index (χ4v) is 4.00. The number of imidazole rings is 1. The zero-order valence-corrected chi connectivity index (χ0v) is 17.1. The van der Waals surface area contributed by atoms with Crippen LogP contribution in [-0.2, 0) is 11.3 Å². The van der Waals surface area contributed by atoms with Crippen molar-refractivity contribution in [3.8, 4) is 0 Å². The van der Waals surface area contributed by atoms with Gasteiger partial charge in [-0.25, -0.2) is 23.7 Å².